The Bertz CT molecular complexity index is 1480. The Morgan fingerprint density at radius 3 is 2.35 bits per heavy atom. The average molecular weight is 691 g/mol. The molecule has 1 aromatic heterocycles. The number of hydrogen-bond acceptors (Lipinski definition) is 6. The van der Waals surface area contributed by atoms with Crippen LogP contribution in [0.15, 0.2) is 28.7 Å². The van der Waals surface area contributed by atoms with Gasteiger partial charge in [0.2, 0.25) is 11.8 Å². The van der Waals surface area contributed by atoms with Gasteiger partial charge >= 0.3 is 6.09 Å². The molecule has 1 saturated heterocycles. The summed E-state index contributed by atoms with van der Waals surface area (Å²) in [6, 6.07) is 5.01. The highest BCUT2D eigenvalue weighted by Gasteiger charge is 2.47. The number of ether oxygens (including phenoxy) is 1. The maximum atomic E-state index is 14.1. The number of anilines is 1. The van der Waals surface area contributed by atoms with E-state index in [1.54, 1.807) is 43.9 Å². The Hall–Kier alpha value is -3.77. The van der Waals surface area contributed by atoms with E-state index in [2.05, 4.69) is 16.0 Å². The number of benzene rings is 1. The number of alkyl carbamates (subject to hydrolysis) is 1. The molecule has 3 atom stereocenters. The second-order valence-electron chi connectivity index (χ2n) is 14.8. The van der Waals surface area contributed by atoms with Crippen LogP contribution < -0.4 is 16.0 Å². The van der Waals surface area contributed by atoms with Crippen LogP contribution in [0.4, 0.5) is 23.7 Å². The van der Waals surface area contributed by atoms with Crippen molar-refractivity contribution in [1.29, 1.82) is 0 Å². The predicted molar refractivity (Wildman–Crippen MR) is 178 cm³/mol. The number of amides is 4. The van der Waals surface area contributed by atoms with Crippen molar-refractivity contribution < 1.29 is 41.5 Å². The first-order valence-corrected chi connectivity index (χ1v) is 17.6. The summed E-state index contributed by atoms with van der Waals surface area (Å²) in [7, 11) is 0. The zero-order chi connectivity index (χ0) is 35.3. The molecule has 10 nitrogen and oxygen atoms in total. The number of alkyl halides is 3. The summed E-state index contributed by atoms with van der Waals surface area (Å²) >= 11 is 0. The van der Waals surface area contributed by atoms with E-state index in [1.165, 1.54) is 12.5 Å². The van der Waals surface area contributed by atoms with Crippen LogP contribution in [0.2, 0.25) is 0 Å². The minimum absolute atomic E-state index is 0.0253. The number of furan rings is 1. The van der Waals surface area contributed by atoms with Gasteiger partial charge in [-0.15, -0.1) is 0 Å². The normalized spacial score (nSPS) is 24.1. The summed E-state index contributed by atoms with van der Waals surface area (Å²) in [5.74, 6) is -1.25. The summed E-state index contributed by atoms with van der Waals surface area (Å²) in [5.41, 5.74) is 0.135. The molecule has 1 aliphatic heterocycles. The molecule has 1 unspecified atom stereocenters. The zero-order valence-electron chi connectivity index (χ0n) is 28.6. The molecule has 3 aliphatic rings. The minimum Gasteiger partial charge on any atom is -0.451 e. The SMILES string of the molecule is CC(C)(C)OC(=O)NC(CF)C1CCC(C(=O)N2CC[C@@H](C3CCCCC3)[C@H]2C(=O)Nc2ccc3oc(C(=O)NCC(F)F)cc3c2)CC1. The average Bonchev–Trinajstić information content (AvgIpc) is 3.70. The molecule has 3 fully saturated rings. The molecule has 270 valence electrons. The number of fused-ring (bicyclic) bond motifs is 1. The molecule has 0 bridgehead atoms. The molecule has 2 aromatic rings. The number of likely N-dealkylation sites (tertiary alicyclic amines) is 1. The molecule has 0 spiro atoms. The lowest BCUT2D eigenvalue weighted by Crippen LogP contribution is -2.50. The van der Waals surface area contributed by atoms with E-state index < -0.39 is 49.3 Å². The van der Waals surface area contributed by atoms with Crippen LogP contribution in [0.5, 0.6) is 0 Å². The first kappa shape index (κ1) is 36.5. The third-order valence-corrected chi connectivity index (χ3v) is 10.2. The maximum absolute atomic E-state index is 14.1. The number of carbonyl (C=O) groups excluding carboxylic acids is 4. The van der Waals surface area contributed by atoms with Crippen molar-refractivity contribution in [3.05, 3.63) is 30.0 Å². The fourth-order valence-corrected chi connectivity index (χ4v) is 7.91. The van der Waals surface area contributed by atoms with Gasteiger partial charge in [0.1, 0.15) is 23.9 Å². The van der Waals surface area contributed by atoms with Crippen molar-refractivity contribution in [3.8, 4) is 0 Å². The van der Waals surface area contributed by atoms with Crippen molar-refractivity contribution in [2.75, 3.05) is 25.1 Å². The molecule has 49 heavy (non-hydrogen) atoms. The van der Waals surface area contributed by atoms with Crippen LogP contribution in [0.25, 0.3) is 11.0 Å². The fourth-order valence-electron chi connectivity index (χ4n) is 7.91. The Kier molecular flexibility index (Phi) is 11.8. The Morgan fingerprint density at radius 1 is 0.980 bits per heavy atom. The number of hydrogen-bond donors (Lipinski definition) is 3. The van der Waals surface area contributed by atoms with Crippen molar-refractivity contribution in [2.24, 2.45) is 23.7 Å². The van der Waals surface area contributed by atoms with E-state index >= 15 is 0 Å². The third kappa shape index (κ3) is 9.27. The fraction of sp³-hybridized carbons (Fsp3) is 0.667. The van der Waals surface area contributed by atoms with Gasteiger partial charge < -0.3 is 30.0 Å². The van der Waals surface area contributed by atoms with Crippen molar-refractivity contribution in [1.82, 2.24) is 15.5 Å². The van der Waals surface area contributed by atoms with Crippen molar-refractivity contribution in [2.45, 2.75) is 109 Å². The Labute approximate surface area is 285 Å². The number of rotatable bonds is 10. The summed E-state index contributed by atoms with van der Waals surface area (Å²) in [4.78, 5) is 54.5. The summed E-state index contributed by atoms with van der Waals surface area (Å²) < 4.78 is 50.0. The highest BCUT2D eigenvalue weighted by molar-refractivity contribution is 6.01. The molecule has 2 saturated carbocycles. The first-order valence-electron chi connectivity index (χ1n) is 17.6. The molecule has 5 rings (SSSR count). The van der Waals surface area contributed by atoms with Crippen molar-refractivity contribution >= 4 is 40.5 Å². The summed E-state index contributed by atoms with van der Waals surface area (Å²) in [5, 5.41) is 8.32. The molecule has 0 radical (unpaired) electrons. The van der Waals surface area contributed by atoms with E-state index in [1.807, 2.05) is 0 Å². The van der Waals surface area contributed by atoms with E-state index in [9.17, 15) is 32.3 Å². The second kappa shape index (κ2) is 15.8. The topological polar surface area (TPSA) is 130 Å². The molecule has 2 aliphatic carbocycles. The van der Waals surface area contributed by atoms with Crippen LogP contribution >= 0.6 is 0 Å². The Morgan fingerprint density at radius 2 is 1.69 bits per heavy atom. The number of halogens is 3. The Balaban J connectivity index is 1.26. The van der Waals surface area contributed by atoms with Crippen LogP contribution in [0, 0.1) is 23.7 Å². The lowest BCUT2D eigenvalue weighted by molar-refractivity contribution is -0.142. The largest absolute Gasteiger partial charge is 0.451 e. The number of carbonyl (C=O) groups is 4. The van der Waals surface area contributed by atoms with Gasteiger partial charge in [-0.25, -0.2) is 18.0 Å². The van der Waals surface area contributed by atoms with E-state index in [0.717, 1.165) is 32.1 Å². The lowest BCUT2D eigenvalue weighted by Gasteiger charge is -2.37. The highest BCUT2D eigenvalue weighted by Crippen LogP contribution is 2.41. The summed E-state index contributed by atoms with van der Waals surface area (Å²) in [6.45, 7) is 4.22. The summed E-state index contributed by atoms with van der Waals surface area (Å²) in [6.07, 6.45) is 5.04. The van der Waals surface area contributed by atoms with E-state index in [-0.39, 0.29) is 35.3 Å². The molecule has 2 heterocycles. The van der Waals surface area contributed by atoms with Crippen LogP contribution in [-0.4, -0.2) is 72.6 Å². The molecule has 1 aromatic carbocycles. The van der Waals surface area contributed by atoms with Gasteiger partial charge in [-0.3, -0.25) is 14.4 Å². The van der Waals surface area contributed by atoms with Crippen LogP contribution in [0.3, 0.4) is 0 Å². The van der Waals surface area contributed by atoms with Gasteiger partial charge in [0.05, 0.1) is 12.6 Å². The number of nitrogens with zero attached hydrogens (tertiary/aromatic N) is 1. The highest BCUT2D eigenvalue weighted by atomic mass is 19.3. The lowest BCUT2D eigenvalue weighted by atomic mass is 9.76. The van der Waals surface area contributed by atoms with E-state index in [4.69, 9.17) is 9.15 Å². The van der Waals surface area contributed by atoms with Gasteiger partial charge in [0, 0.05) is 23.5 Å². The quantitative estimate of drug-likeness (QED) is 0.251. The smallest absolute Gasteiger partial charge is 0.407 e. The third-order valence-electron chi connectivity index (χ3n) is 10.2. The van der Waals surface area contributed by atoms with Crippen molar-refractivity contribution in [3.63, 3.8) is 0 Å². The number of nitrogens with one attached hydrogen (secondary N) is 3. The van der Waals surface area contributed by atoms with Gasteiger partial charge in [0.15, 0.2) is 5.76 Å². The maximum Gasteiger partial charge on any atom is 0.407 e. The van der Waals surface area contributed by atoms with Gasteiger partial charge in [-0.2, -0.15) is 0 Å². The monoisotopic (exact) mass is 690 g/mol. The predicted octanol–water partition coefficient (Wildman–Crippen LogP) is 6.83. The minimum atomic E-state index is -2.69. The second-order valence-corrected chi connectivity index (χ2v) is 14.8. The van der Waals surface area contributed by atoms with Gasteiger partial charge in [-0.05, 0) is 94.9 Å². The van der Waals surface area contributed by atoms with Gasteiger partial charge in [0.25, 0.3) is 12.3 Å². The molecule has 3 N–H and O–H groups in total. The van der Waals surface area contributed by atoms with Crippen LogP contribution in [-0.2, 0) is 14.3 Å². The van der Waals surface area contributed by atoms with E-state index in [0.29, 0.717) is 54.8 Å². The molecule has 4 amide bonds. The zero-order valence-corrected chi connectivity index (χ0v) is 28.6. The molecular formula is C36H49F3N4O6. The molecular weight excluding hydrogens is 641 g/mol. The van der Waals surface area contributed by atoms with Crippen LogP contribution in [0.1, 0.15) is 95.5 Å². The first-order chi connectivity index (χ1) is 23.3. The molecule has 13 heteroatoms. The van der Waals surface area contributed by atoms with Gasteiger partial charge in [-0.1, -0.05) is 32.1 Å². The standard InChI is InChI=1S/C36H49F3N4O6/c1-36(2,3)49-35(47)42-27(19-37)22-9-11-23(12-10-22)34(46)43-16-15-26(21-7-5-4-6-8-21)31(43)33(45)41-25-13-14-28-24(17-25)18-29(48-28)32(44)40-20-30(38)39/h13-14,17-18,21-23,26-27,30-31H,4-12,15-16,19-20H2,1-3H3,(H,40,44)(H,41,45)(H,42,47)/t22?,23?,26-,27?,31-/m0/s1.